The van der Waals surface area contributed by atoms with Gasteiger partial charge in [-0.2, -0.15) is 0 Å². The highest BCUT2D eigenvalue weighted by atomic mass is 32.2. The number of para-hydroxylation sites is 1. The second-order valence-corrected chi connectivity index (χ2v) is 6.54. The summed E-state index contributed by atoms with van der Waals surface area (Å²) in [4.78, 5) is 14.9. The van der Waals surface area contributed by atoms with E-state index in [4.69, 9.17) is 5.73 Å². The molecule has 0 aliphatic heterocycles. The first-order valence-electron chi connectivity index (χ1n) is 7.30. The van der Waals surface area contributed by atoms with Crippen molar-refractivity contribution in [3.8, 4) is 0 Å². The minimum atomic E-state index is -0.601. The van der Waals surface area contributed by atoms with Gasteiger partial charge in [0.2, 0.25) is 5.91 Å². The summed E-state index contributed by atoms with van der Waals surface area (Å²) in [6.07, 6.45) is 1.69. The number of primary amides is 1. The van der Waals surface area contributed by atoms with E-state index in [1.165, 1.54) is 10.4 Å². The van der Waals surface area contributed by atoms with Crippen molar-refractivity contribution >= 4 is 28.6 Å². The SMILES string of the molecule is CCNC(C)(CCCSc1cc2ccccc2[nH]1)C(N)=O. The van der Waals surface area contributed by atoms with Gasteiger partial charge < -0.3 is 16.0 Å². The topological polar surface area (TPSA) is 70.9 Å². The van der Waals surface area contributed by atoms with Crippen LogP contribution in [0.3, 0.4) is 0 Å². The fraction of sp³-hybridized carbons (Fsp3) is 0.438. The zero-order valence-electron chi connectivity index (χ0n) is 12.6. The Morgan fingerprint density at radius 3 is 2.86 bits per heavy atom. The monoisotopic (exact) mass is 305 g/mol. The Bertz CT molecular complexity index is 577. The van der Waals surface area contributed by atoms with Crippen molar-refractivity contribution in [2.75, 3.05) is 12.3 Å². The summed E-state index contributed by atoms with van der Waals surface area (Å²) in [6, 6.07) is 10.4. The second-order valence-electron chi connectivity index (χ2n) is 5.40. The zero-order chi connectivity index (χ0) is 15.3. The number of hydrogen-bond acceptors (Lipinski definition) is 3. The highest BCUT2D eigenvalue weighted by Gasteiger charge is 2.28. The Labute approximate surface area is 129 Å². The number of nitrogens with two attached hydrogens (primary N) is 1. The van der Waals surface area contributed by atoms with Gasteiger partial charge in [-0.25, -0.2) is 0 Å². The number of likely N-dealkylation sites (N-methyl/N-ethyl adjacent to an activating group) is 1. The second kappa shape index (κ2) is 7.00. The number of hydrogen-bond donors (Lipinski definition) is 3. The van der Waals surface area contributed by atoms with Gasteiger partial charge in [0.1, 0.15) is 0 Å². The van der Waals surface area contributed by atoms with Gasteiger partial charge in [-0.15, -0.1) is 11.8 Å². The van der Waals surface area contributed by atoms with Crippen LogP contribution >= 0.6 is 11.8 Å². The van der Waals surface area contributed by atoms with Gasteiger partial charge in [0.25, 0.3) is 0 Å². The van der Waals surface area contributed by atoms with Crippen LogP contribution in [0.1, 0.15) is 26.7 Å². The molecule has 0 spiro atoms. The first-order valence-corrected chi connectivity index (χ1v) is 8.29. The van der Waals surface area contributed by atoms with E-state index in [0.717, 1.165) is 30.7 Å². The minimum Gasteiger partial charge on any atom is -0.368 e. The van der Waals surface area contributed by atoms with Crippen LogP contribution in [0.2, 0.25) is 0 Å². The normalized spacial score (nSPS) is 14.2. The molecule has 1 aromatic heterocycles. The van der Waals surface area contributed by atoms with Gasteiger partial charge in [-0.05, 0) is 44.2 Å². The zero-order valence-corrected chi connectivity index (χ0v) is 13.4. The van der Waals surface area contributed by atoms with Crippen molar-refractivity contribution in [3.05, 3.63) is 30.3 Å². The lowest BCUT2D eigenvalue weighted by atomic mass is 9.95. The Morgan fingerprint density at radius 1 is 1.43 bits per heavy atom. The summed E-state index contributed by atoms with van der Waals surface area (Å²) in [7, 11) is 0. The molecule has 4 nitrogen and oxygen atoms in total. The largest absolute Gasteiger partial charge is 0.368 e. The lowest BCUT2D eigenvalue weighted by molar-refractivity contribution is -0.124. The summed E-state index contributed by atoms with van der Waals surface area (Å²) in [5, 5.41) is 5.59. The van der Waals surface area contributed by atoms with Gasteiger partial charge >= 0.3 is 0 Å². The Morgan fingerprint density at radius 2 is 2.19 bits per heavy atom. The van der Waals surface area contributed by atoms with Gasteiger partial charge in [-0.1, -0.05) is 25.1 Å². The number of carbonyl (C=O) groups is 1. The smallest absolute Gasteiger partial charge is 0.237 e. The third kappa shape index (κ3) is 4.02. The van der Waals surface area contributed by atoms with E-state index >= 15 is 0 Å². The van der Waals surface area contributed by atoms with Crippen molar-refractivity contribution in [2.45, 2.75) is 37.3 Å². The number of H-pyrrole nitrogens is 1. The standard InChI is InChI=1S/C16H23N3OS/c1-3-18-16(2,15(17)20)9-6-10-21-14-11-12-7-4-5-8-13(12)19-14/h4-5,7-8,11,18-19H,3,6,9-10H2,1-2H3,(H2,17,20). The number of rotatable bonds is 8. The summed E-state index contributed by atoms with van der Waals surface area (Å²) in [5.74, 6) is 0.682. The predicted octanol–water partition coefficient (Wildman–Crippen LogP) is 2.89. The molecular formula is C16H23N3OS. The molecule has 4 N–H and O–H groups in total. The van der Waals surface area contributed by atoms with Gasteiger partial charge in [0.15, 0.2) is 0 Å². The van der Waals surface area contributed by atoms with Crippen molar-refractivity contribution < 1.29 is 4.79 Å². The Balaban J connectivity index is 1.85. The molecule has 0 fully saturated rings. The fourth-order valence-corrected chi connectivity index (χ4v) is 3.32. The first-order chi connectivity index (χ1) is 10.0. The molecule has 0 saturated heterocycles. The molecule has 0 bridgehead atoms. The maximum atomic E-state index is 11.5. The number of amides is 1. The third-order valence-corrected chi connectivity index (χ3v) is 4.72. The summed E-state index contributed by atoms with van der Waals surface area (Å²) in [5.41, 5.74) is 6.05. The van der Waals surface area contributed by atoms with E-state index in [9.17, 15) is 4.79 Å². The van der Waals surface area contributed by atoms with E-state index in [0.29, 0.717) is 0 Å². The van der Waals surface area contributed by atoms with Crippen LogP contribution in [0.15, 0.2) is 35.4 Å². The first kappa shape index (κ1) is 15.9. The number of carbonyl (C=O) groups excluding carboxylic acids is 1. The molecule has 0 radical (unpaired) electrons. The maximum absolute atomic E-state index is 11.5. The van der Waals surface area contributed by atoms with Crippen LogP contribution in [-0.4, -0.2) is 28.7 Å². The van der Waals surface area contributed by atoms with E-state index in [2.05, 4.69) is 28.5 Å². The molecule has 114 valence electrons. The number of aromatic amines is 1. The number of fused-ring (bicyclic) bond motifs is 1. The molecule has 1 unspecified atom stereocenters. The highest BCUT2D eigenvalue weighted by Crippen LogP contribution is 2.25. The molecule has 1 amide bonds. The lowest BCUT2D eigenvalue weighted by Crippen LogP contribution is -2.53. The molecule has 2 aromatic rings. The van der Waals surface area contributed by atoms with Gasteiger partial charge in [0, 0.05) is 10.9 Å². The molecule has 1 aromatic carbocycles. The van der Waals surface area contributed by atoms with Gasteiger partial charge in [-0.3, -0.25) is 4.79 Å². The predicted molar refractivity (Wildman–Crippen MR) is 89.5 cm³/mol. The van der Waals surface area contributed by atoms with E-state index in [1.54, 1.807) is 11.8 Å². The van der Waals surface area contributed by atoms with E-state index in [-0.39, 0.29) is 5.91 Å². The molecule has 5 heteroatoms. The number of benzene rings is 1. The van der Waals surface area contributed by atoms with Crippen molar-refractivity contribution in [1.82, 2.24) is 10.3 Å². The van der Waals surface area contributed by atoms with Crippen LogP contribution < -0.4 is 11.1 Å². The summed E-state index contributed by atoms with van der Waals surface area (Å²) < 4.78 is 0. The number of thioether (sulfide) groups is 1. The van der Waals surface area contributed by atoms with Crippen LogP contribution in [0, 0.1) is 0 Å². The number of aromatic nitrogens is 1. The van der Waals surface area contributed by atoms with Crippen LogP contribution in [0.4, 0.5) is 0 Å². The fourth-order valence-electron chi connectivity index (χ4n) is 2.42. The van der Waals surface area contributed by atoms with E-state index in [1.807, 2.05) is 26.0 Å². The maximum Gasteiger partial charge on any atom is 0.237 e. The summed E-state index contributed by atoms with van der Waals surface area (Å²) in [6.45, 7) is 4.61. The molecule has 1 atom stereocenters. The Kier molecular flexibility index (Phi) is 5.31. The van der Waals surface area contributed by atoms with Crippen LogP contribution in [-0.2, 0) is 4.79 Å². The van der Waals surface area contributed by atoms with Crippen molar-refractivity contribution in [2.24, 2.45) is 5.73 Å². The van der Waals surface area contributed by atoms with Crippen LogP contribution in [0.5, 0.6) is 0 Å². The quantitative estimate of drug-likeness (QED) is 0.519. The number of nitrogens with one attached hydrogen (secondary N) is 2. The van der Waals surface area contributed by atoms with Crippen LogP contribution in [0.25, 0.3) is 10.9 Å². The molecule has 2 rings (SSSR count). The third-order valence-electron chi connectivity index (χ3n) is 3.69. The lowest BCUT2D eigenvalue weighted by Gasteiger charge is -2.26. The molecule has 0 aliphatic rings. The minimum absolute atomic E-state index is 0.278. The highest BCUT2D eigenvalue weighted by molar-refractivity contribution is 7.99. The van der Waals surface area contributed by atoms with Crippen molar-refractivity contribution in [1.29, 1.82) is 0 Å². The molecule has 21 heavy (non-hydrogen) atoms. The molecule has 0 saturated carbocycles. The van der Waals surface area contributed by atoms with E-state index < -0.39 is 5.54 Å². The average molecular weight is 305 g/mol. The molecule has 1 heterocycles. The average Bonchev–Trinajstić information content (AvgIpc) is 2.86. The van der Waals surface area contributed by atoms with Gasteiger partial charge in [0.05, 0.1) is 10.6 Å². The Hall–Kier alpha value is -1.46. The molecule has 0 aliphatic carbocycles. The van der Waals surface area contributed by atoms with Crippen molar-refractivity contribution in [3.63, 3.8) is 0 Å². The molecular weight excluding hydrogens is 282 g/mol. The summed E-state index contributed by atoms with van der Waals surface area (Å²) >= 11 is 1.78.